The number of hydrogen-bond acceptors (Lipinski definition) is 4. The number of aromatic nitrogens is 2. The van der Waals surface area contributed by atoms with Gasteiger partial charge in [0.1, 0.15) is 17.1 Å². The Morgan fingerprint density at radius 3 is 2.88 bits per heavy atom. The molecule has 2 aromatic heterocycles. The molecule has 0 radical (unpaired) electrons. The van der Waals surface area contributed by atoms with Gasteiger partial charge in [0.15, 0.2) is 0 Å². The third kappa shape index (κ3) is 4.15. The largest absolute Gasteiger partial charge is 0.497 e. The molecule has 0 saturated heterocycles. The number of hydrogen-bond donors (Lipinski definition) is 1. The molecule has 0 bridgehead atoms. The van der Waals surface area contributed by atoms with Gasteiger partial charge >= 0.3 is 0 Å². The van der Waals surface area contributed by atoms with Crippen molar-refractivity contribution in [3.63, 3.8) is 0 Å². The van der Waals surface area contributed by atoms with Crippen LogP contribution in [0.3, 0.4) is 0 Å². The molecule has 26 heavy (non-hydrogen) atoms. The summed E-state index contributed by atoms with van der Waals surface area (Å²) < 4.78 is 12.3. The first-order valence-electron chi connectivity index (χ1n) is 7.90. The average Bonchev–Trinajstić information content (AvgIpc) is 3.06. The van der Waals surface area contributed by atoms with Gasteiger partial charge in [0.25, 0.3) is 0 Å². The number of benzene rings is 1. The lowest BCUT2D eigenvalue weighted by Crippen LogP contribution is -2.20. The highest BCUT2D eigenvalue weighted by Gasteiger charge is 2.05. The molecule has 3 aromatic rings. The van der Waals surface area contributed by atoms with E-state index in [4.69, 9.17) is 21.1 Å². The fraction of sp³-hybridized carbons (Fsp3) is 0.158. The summed E-state index contributed by atoms with van der Waals surface area (Å²) in [6.07, 6.45) is 6.80. The summed E-state index contributed by atoms with van der Waals surface area (Å²) in [5.41, 5.74) is 2.23. The number of nitrogens with zero attached hydrogens (tertiary/aromatic N) is 2. The standard InChI is InChI=1S/C19H18ClN3O3/c1-25-16-4-5-17(26-2)13(9-16)3-6-19(24)21-11-15-12-23-8-7-14(20)10-18(23)22-15/h3-10,12H,11H2,1-2H3,(H,21,24)/b6-3+. The molecule has 0 spiro atoms. The maximum Gasteiger partial charge on any atom is 0.244 e. The summed E-state index contributed by atoms with van der Waals surface area (Å²) in [5.74, 6) is 1.12. The molecule has 0 saturated carbocycles. The van der Waals surface area contributed by atoms with Crippen molar-refractivity contribution in [1.82, 2.24) is 14.7 Å². The molecule has 2 heterocycles. The maximum absolute atomic E-state index is 12.1. The van der Waals surface area contributed by atoms with Crippen LogP contribution in [0.25, 0.3) is 11.7 Å². The van der Waals surface area contributed by atoms with Gasteiger partial charge in [0.05, 0.1) is 26.5 Å². The first-order chi connectivity index (χ1) is 12.6. The second-order valence-corrected chi connectivity index (χ2v) is 5.94. The Labute approximate surface area is 156 Å². The SMILES string of the molecule is COc1ccc(OC)c(/C=C/C(=O)NCc2cn3ccc(Cl)cc3n2)c1. The van der Waals surface area contributed by atoms with E-state index < -0.39 is 0 Å². The summed E-state index contributed by atoms with van der Waals surface area (Å²) in [5, 5.41) is 3.42. The van der Waals surface area contributed by atoms with E-state index in [1.165, 1.54) is 6.08 Å². The van der Waals surface area contributed by atoms with Gasteiger partial charge in [-0.3, -0.25) is 4.79 Å². The van der Waals surface area contributed by atoms with E-state index in [0.29, 0.717) is 23.1 Å². The number of imidazole rings is 1. The summed E-state index contributed by atoms with van der Waals surface area (Å²) in [7, 11) is 3.17. The van der Waals surface area contributed by atoms with Crippen LogP contribution in [0, 0.1) is 0 Å². The molecule has 0 aliphatic rings. The van der Waals surface area contributed by atoms with Gasteiger partial charge in [-0.15, -0.1) is 0 Å². The van der Waals surface area contributed by atoms with E-state index in [0.717, 1.165) is 16.9 Å². The van der Waals surface area contributed by atoms with Crippen LogP contribution in [-0.2, 0) is 11.3 Å². The molecule has 1 N–H and O–H groups in total. The van der Waals surface area contributed by atoms with E-state index in [1.54, 1.807) is 50.6 Å². The van der Waals surface area contributed by atoms with Gasteiger partial charge in [0.2, 0.25) is 5.91 Å². The number of pyridine rings is 1. The van der Waals surface area contributed by atoms with Crippen LogP contribution in [0.15, 0.2) is 48.8 Å². The maximum atomic E-state index is 12.1. The fourth-order valence-corrected chi connectivity index (χ4v) is 2.62. The Bertz CT molecular complexity index is 966. The molecule has 7 heteroatoms. The summed E-state index contributed by atoms with van der Waals surface area (Å²) in [6.45, 7) is 0.317. The monoisotopic (exact) mass is 371 g/mol. The van der Waals surface area contributed by atoms with Crippen LogP contribution < -0.4 is 14.8 Å². The lowest BCUT2D eigenvalue weighted by molar-refractivity contribution is -0.116. The molecule has 0 aliphatic carbocycles. The molecule has 0 atom stereocenters. The Kier molecular flexibility index (Phi) is 5.43. The van der Waals surface area contributed by atoms with Crippen LogP contribution in [0.2, 0.25) is 5.02 Å². The van der Waals surface area contributed by atoms with Gasteiger partial charge in [-0.1, -0.05) is 11.6 Å². The Hall–Kier alpha value is -2.99. The van der Waals surface area contributed by atoms with E-state index in [9.17, 15) is 4.79 Å². The fourth-order valence-electron chi connectivity index (χ4n) is 2.47. The van der Waals surface area contributed by atoms with Crippen molar-refractivity contribution in [3.05, 3.63) is 65.1 Å². The molecule has 1 aromatic carbocycles. The van der Waals surface area contributed by atoms with Crippen molar-refractivity contribution in [2.24, 2.45) is 0 Å². The molecule has 0 aliphatic heterocycles. The number of methoxy groups -OCH3 is 2. The van der Waals surface area contributed by atoms with Crippen LogP contribution in [0.5, 0.6) is 11.5 Å². The molecule has 0 unspecified atom stereocenters. The van der Waals surface area contributed by atoms with E-state index in [-0.39, 0.29) is 5.91 Å². The number of halogens is 1. The lowest BCUT2D eigenvalue weighted by Gasteiger charge is -2.07. The number of carbonyl (C=O) groups is 1. The van der Waals surface area contributed by atoms with Gasteiger partial charge in [-0.2, -0.15) is 0 Å². The zero-order chi connectivity index (χ0) is 18.5. The highest BCUT2D eigenvalue weighted by molar-refractivity contribution is 6.30. The molecular weight excluding hydrogens is 354 g/mol. The van der Waals surface area contributed by atoms with Gasteiger partial charge < -0.3 is 19.2 Å². The Morgan fingerprint density at radius 1 is 1.27 bits per heavy atom. The number of fused-ring (bicyclic) bond motifs is 1. The number of amides is 1. The van der Waals surface area contributed by atoms with Gasteiger partial charge in [0, 0.05) is 29.1 Å². The van der Waals surface area contributed by atoms with Crippen LogP contribution in [-0.4, -0.2) is 29.5 Å². The summed E-state index contributed by atoms with van der Waals surface area (Å²) >= 11 is 5.95. The summed E-state index contributed by atoms with van der Waals surface area (Å²) in [6, 6.07) is 8.93. The topological polar surface area (TPSA) is 64.9 Å². The molecule has 6 nitrogen and oxygen atoms in total. The Morgan fingerprint density at radius 2 is 2.12 bits per heavy atom. The van der Waals surface area contributed by atoms with E-state index >= 15 is 0 Å². The van der Waals surface area contributed by atoms with E-state index in [2.05, 4.69) is 10.3 Å². The first kappa shape index (κ1) is 17.8. The van der Waals surface area contributed by atoms with Gasteiger partial charge in [-0.05, 0) is 36.4 Å². The van der Waals surface area contributed by atoms with Crippen molar-refractivity contribution in [2.75, 3.05) is 14.2 Å². The minimum atomic E-state index is -0.232. The zero-order valence-electron chi connectivity index (χ0n) is 14.4. The molecule has 3 rings (SSSR count). The number of rotatable bonds is 6. The minimum absolute atomic E-state index is 0.232. The quantitative estimate of drug-likeness (QED) is 0.675. The van der Waals surface area contributed by atoms with E-state index in [1.807, 2.05) is 16.8 Å². The Balaban J connectivity index is 1.65. The van der Waals surface area contributed by atoms with Crippen LogP contribution in [0.1, 0.15) is 11.3 Å². The zero-order valence-corrected chi connectivity index (χ0v) is 15.2. The molecule has 0 fully saturated rings. The number of ether oxygens (including phenoxy) is 2. The predicted octanol–water partition coefficient (Wildman–Crippen LogP) is 3.33. The first-order valence-corrected chi connectivity index (χ1v) is 8.28. The van der Waals surface area contributed by atoms with Crippen LogP contribution >= 0.6 is 11.6 Å². The molecular formula is C19H18ClN3O3. The molecule has 134 valence electrons. The number of nitrogens with one attached hydrogen (secondary N) is 1. The minimum Gasteiger partial charge on any atom is -0.497 e. The predicted molar refractivity (Wildman–Crippen MR) is 101 cm³/mol. The summed E-state index contributed by atoms with van der Waals surface area (Å²) in [4.78, 5) is 16.5. The van der Waals surface area contributed by atoms with Crippen molar-refractivity contribution < 1.29 is 14.3 Å². The van der Waals surface area contributed by atoms with Crippen molar-refractivity contribution in [1.29, 1.82) is 0 Å². The second-order valence-electron chi connectivity index (χ2n) is 5.50. The van der Waals surface area contributed by atoms with Gasteiger partial charge in [-0.25, -0.2) is 4.98 Å². The van der Waals surface area contributed by atoms with Crippen molar-refractivity contribution >= 4 is 29.2 Å². The normalized spacial score (nSPS) is 11.0. The highest BCUT2D eigenvalue weighted by atomic mass is 35.5. The van der Waals surface area contributed by atoms with Crippen molar-refractivity contribution in [3.8, 4) is 11.5 Å². The van der Waals surface area contributed by atoms with Crippen molar-refractivity contribution in [2.45, 2.75) is 6.54 Å². The third-order valence-electron chi connectivity index (χ3n) is 3.77. The average molecular weight is 372 g/mol. The molecule has 1 amide bonds. The van der Waals surface area contributed by atoms with Crippen LogP contribution in [0.4, 0.5) is 0 Å². The second kappa shape index (κ2) is 7.93. The lowest BCUT2D eigenvalue weighted by atomic mass is 10.1. The smallest absolute Gasteiger partial charge is 0.244 e. The highest BCUT2D eigenvalue weighted by Crippen LogP contribution is 2.25. The number of carbonyl (C=O) groups excluding carboxylic acids is 1. The third-order valence-corrected chi connectivity index (χ3v) is 4.00.